The number of fused-ring (bicyclic) bond motifs is 3. The zero-order valence-corrected chi connectivity index (χ0v) is 19.1. The van der Waals surface area contributed by atoms with Gasteiger partial charge in [-0.3, -0.25) is 4.79 Å². The Bertz CT molecular complexity index is 988. The third kappa shape index (κ3) is 5.10. The Balaban J connectivity index is 1.88. The van der Waals surface area contributed by atoms with Crippen molar-refractivity contribution in [3.63, 3.8) is 0 Å². The van der Waals surface area contributed by atoms with E-state index in [4.69, 9.17) is 23.2 Å². The van der Waals surface area contributed by atoms with Crippen LogP contribution in [0.5, 0.6) is 0 Å². The highest BCUT2D eigenvalue weighted by Gasteiger charge is 2.29. The van der Waals surface area contributed by atoms with Gasteiger partial charge in [-0.05, 0) is 48.2 Å². The second-order valence-corrected chi connectivity index (χ2v) is 8.42. The molecule has 0 saturated heterocycles. The summed E-state index contributed by atoms with van der Waals surface area (Å²) in [5, 5.41) is 1.13. The maximum absolute atomic E-state index is 13.1. The quantitative estimate of drug-likeness (QED) is 0.281. The van der Waals surface area contributed by atoms with E-state index in [-0.39, 0.29) is 5.78 Å². The van der Waals surface area contributed by atoms with Crippen LogP contribution in [0.1, 0.15) is 92.3 Å². The molecule has 0 aromatic heterocycles. The molecule has 30 heavy (non-hydrogen) atoms. The number of carbonyl (C=O) groups is 1. The summed E-state index contributed by atoms with van der Waals surface area (Å²) >= 11 is 12.9. The second kappa shape index (κ2) is 10.7. The molecule has 1 aliphatic carbocycles. The largest absolute Gasteiger partial charge is 0.289 e. The normalized spacial score (nSPS) is 11.3. The van der Waals surface area contributed by atoms with Crippen molar-refractivity contribution in [1.82, 2.24) is 0 Å². The Morgan fingerprint density at radius 1 is 0.667 bits per heavy atom. The van der Waals surface area contributed by atoms with Crippen molar-refractivity contribution in [2.75, 3.05) is 0 Å². The summed E-state index contributed by atoms with van der Waals surface area (Å²) in [7, 11) is 0. The predicted molar refractivity (Wildman–Crippen MR) is 127 cm³/mol. The highest BCUT2D eigenvalue weighted by Crippen LogP contribution is 2.41. The van der Waals surface area contributed by atoms with E-state index >= 15 is 0 Å². The predicted octanol–water partition coefficient (Wildman–Crippen LogP) is 8.07. The van der Waals surface area contributed by atoms with Gasteiger partial charge in [0.15, 0.2) is 5.78 Å². The molecule has 3 rings (SSSR count). The Kier molecular flexibility index (Phi) is 8.04. The van der Waals surface area contributed by atoms with Crippen molar-refractivity contribution in [2.45, 2.75) is 65.2 Å². The first-order chi connectivity index (χ1) is 14.6. The average Bonchev–Trinajstić information content (AvgIpc) is 2.98. The number of ketones is 1. The van der Waals surface area contributed by atoms with Crippen LogP contribution in [-0.2, 0) is 0 Å². The Morgan fingerprint density at radius 2 is 1.10 bits per heavy atom. The molecule has 0 saturated carbocycles. The van der Waals surface area contributed by atoms with E-state index in [0.717, 1.165) is 36.8 Å². The summed E-state index contributed by atoms with van der Waals surface area (Å²) in [5.74, 6) is 12.6. The molecule has 0 radical (unpaired) electrons. The van der Waals surface area contributed by atoms with Crippen LogP contribution >= 0.6 is 23.2 Å². The van der Waals surface area contributed by atoms with Crippen LogP contribution in [-0.4, -0.2) is 5.78 Å². The SMILES string of the molecule is CCCCCC#Cc1cc2c(cc1Cl)-c1cc(Cl)c(C#CCCCCC)cc1C2=O. The van der Waals surface area contributed by atoms with Crippen LogP contribution < -0.4 is 0 Å². The molecular formula is C27H26Cl2O. The smallest absolute Gasteiger partial charge is 0.194 e. The van der Waals surface area contributed by atoms with Gasteiger partial charge in [-0.15, -0.1) is 0 Å². The van der Waals surface area contributed by atoms with Crippen molar-refractivity contribution >= 4 is 29.0 Å². The van der Waals surface area contributed by atoms with Gasteiger partial charge < -0.3 is 0 Å². The number of benzene rings is 2. The van der Waals surface area contributed by atoms with Gasteiger partial charge in [0.05, 0.1) is 10.0 Å². The van der Waals surface area contributed by atoms with Gasteiger partial charge in [0.2, 0.25) is 0 Å². The lowest BCUT2D eigenvalue weighted by molar-refractivity contribution is 0.104. The molecule has 1 nitrogen and oxygen atoms in total. The molecule has 0 heterocycles. The van der Waals surface area contributed by atoms with E-state index < -0.39 is 0 Å². The summed E-state index contributed by atoms with van der Waals surface area (Å²) in [6.07, 6.45) is 8.52. The molecule has 0 fully saturated rings. The number of halogens is 2. The molecule has 2 aromatic carbocycles. The second-order valence-electron chi connectivity index (χ2n) is 7.60. The van der Waals surface area contributed by atoms with Gasteiger partial charge >= 0.3 is 0 Å². The van der Waals surface area contributed by atoms with Crippen LogP contribution in [0.25, 0.3) is 11.1 Å². The van der Waals surface area contributed by atoms with Crippen molar-refractivity contribution in [3.8, 4) is 34.8 Å². The van der Waals surface area contributed by atoms with E-state index in [2.05, 4.69) is 37.5 Å². The van der Waals surface area contributed by atoms with E-state index in [1.54, 1.807) is 0 Å². The first kappa shape index (κ1) is 22.5. The number of hydrogen-bond donors (Lipinski definition) is 0. The number of unbranched alkanes of at least 4 members (excludes halogenated alkanes) is 6. The van der Waals surface area contributed by atoms with Crippen LogP contribution in [0.3, 0.4) is 0 Å². The standard InChI is InChI=1S/C27H26Cl2O/c1-3-5-7-9-11-13-19-15-23-21(17-25(19)28)22-18-26(29)20(16-24(22)27(23)30)14-12-10-8-6-4-2/h15-18H,3-10H2,1-2H3. The van der Waals surface area contributed by atoms with E-state index in [1.165, 1.54) is 25.7 Å². The molecule has 2 aromatic rings. The molecule has 1 aliphatic rings. The monoisotopic (exact) mass is 436 g/mol. The number of hydrogen-bond acceptors (Lipinski definition) is 1. The Hall–Kier alpha value is -2.19. The molecule has 3 heteroatoms. The number of rotatable bonds is 6. The summed E-state index contributed by atoms with van der Waals surface area (Å²) in [6, 6.07) is 7.31. The fourth-order valence-corrected chi connectivity index (χ4v) is 3.97. The first-order valence-corrected chi connectivity index (χ1v) is 11.5. The summed E-state index contributed by atoms with van der Waals surface area (Å²) in [6.45, 7) is 4.34. The fraction of sp³-hybridized carbons (Fsp3) is 0.370. The van der Waals surface area contributed by atoms with Gasteiger partial charge in [-0.25, -0.2) is 0 Å². The maximum Gasteiger partial charge on any atom is 0.194 e. The van der Waals surface area contributed by atoms with E-state index in [9.17, 15) is 4.79 Å². The minimum absolute atomic E-state index is 0.0172. The maximum atomic E-state index is 13.1. The zero-order valence-electron chi connectivity index (χ0n) is 17.6. The van der Waals surface area contributed by atoms with Gasteiger partial charge in [-0.2, -0.15) is 0 Å². The van der Waals surface area contributed by atoms with Crippen molar-refractivity contribution in [2.24, 2.45) is 0 Å². The first-order valence-electron chi connectivity index (χ1n) is 10.8. The van der Waals surface area contributed by atoms with E-state index in [1.807, 2.05) is 24.3 Å². The lowest BCUT2D eigenvalue weighted by Gasteiger charge is -2.04. The van der Waals surface area contributed by atoms with Gasteiger partial charge in [0, 0.05) is 35.1 Å². The van der Waals surface area contributed by atoms with Crippen LogP contribution in [0.2, 0.25) is 10.0 Å². The van der Waals surface area contributed by atoms with Crippen molar-refractivity contribution in [1.29, 1.82) is 0 Å². The van der Waals surface area contributed by atoms with Crippen LogP contribution in [0.15, 0.2) is 24.3 Å². The van der Waals surface area contributed by atoms with Crippen LogP contribution in [0, 0.1) is 23.7 Å². The zero-order chi connectivity index (χ0) is 21.5. The lowest BCUT2D eigenvalue weighted by atomic mass is 10.0. The van der Waals surface area contributed by atoms with E-state index in [0.29, 0.717) is 32.3 Å². The molecule has 0 atom stereocenters. The minimum atomic E-state index is -0.0172. The highest BCUT2D eigenvalue weighted by molar-refractivity contribution is 6.34. The topological polar surface area (TPSA) is 17.1 Å². The minimum Gasteiger partial charge on any atom is -0.289 e. The third-order valence-corrected chi connectivity index (χ3v) is 5.88. The number of carbonyl (C=O) groups excluding carboxylic acids is 1. The van der Waals surface area contributed by atoms with Gasteiger partial charge in [0.25, 0.3) is 0 Å². The van der Waals surface area contributed by atoms with Gasteiger partial charge in [0.1, 0.15) is 0 Å². The van der Waals surface area contributed by atoms with Crippen molar-refractivity contribution < 1.29 is 4.79 Å². The molecule has 0 spiro atoms. The molecule has 154 valence electrons. The molecule has 0 aliphatic heterocycles. The van der Waals surface area contributed by atoms with Crippen LogP contribution in [0.4, 0.5) is 0 Å². The molecule has 0 bridgehead atoms. The third-order valence-electron chi connectivity index (χ3n) is 5.25. The average molecular weight is 437 g/mol. The molecule has 0 N–H and O–H groups in total. The summed E-state index contributed by atoms with van der Waals surface area (Å²) in [5.41, 5.74) is 4.32. The molecular weight excluding hydrogens is 411 g/mol. The summed E-state index contributed by atoms with van der Waals surface area (Å²) in [4.78, 5) is 13.1. The Morgan fingerprint density at radius 3 is 1.50 bits per heavy atom. The molecule has 0 unspecified atom stereocenters. The summed E-state index contributed by atoms with van der Waals surface area (Å²) < 4.78 is 0. The Labute approximate surface area is 190 Å². The molecule has 0 amide bonds. The highest BCUT2D eigenvalue weighted by atomic mass is 35.5. The lowest BCUT2D eigenvalue weighted by Crippen LogP contribution is -1.97. The van der Waals surface area contributed by atoms with Gasteiger partial charge in [-0.1, -0.05) is 86.4 Å². The fourth-order valence-electron chi connectivity index (χ4n) is 3.55. The van der Waals surface area contributed by atoms with Crippen molar-refractivity contribution in [3.05, 3.63) is 56.6 Å².